The van der Waals surface area contributed by atoms with E-state index in [1.165, 1.54) is 0 Å². The zero-order chi connectivity index (χ0) is 32.7. The zero-order valence-corrected chi connectivity index (χ0v) is 26.9. The molecule has 0 aliphatic carbocycles. The van der Waals surface area contributed by atoms with Crippen molar-refractivity contribution in [1.29, 1.82) is 0 Å². The summed E-state index contributed by atoms with van der Waals surface area (Å²) in [4.78, 5) is 55.6. The average Bonchev–Trinajstić information content (AvgIpc) is 3.53. The molecule has 1 aromatic rings. The molecule has 3 rings (SSSR count). The molecule has 5 N–H and O–H groups in total. The molecule has 2 amide bonds. The number of hydrogen-bond donors (Lipinski definition) is 5. The molecule has 238 valence electrons. The van der Waals surface area contributed by atoms with Crippen molar-refractivity contribution in [2.24, 2.45) is 10.9 Å². The Morgan fingerprint density at radius 2 is 1.73 bits per heavy atom. The number of nitrogens with one attached hydrogen (secondary N) is 3. The largest absolute Gasteiger partial charge is 0.481 e. The van der Waals surface area contributed by atoms with Crippen LogP contribution in [0.25, 0.3) is 6.08 Å². The fourth-order valence-corrected chi connectivity index (χ4v) is 6.47. The zero-order valence-electron chi connectivity index (χ0n) is 26.9. The number of amides is 2. The molecular formula is C34H46N4O6. The van der Waals surface area contributed by atoms with Crippen molar-refractivity contribution in [1.82, 2.24) is 15.6 Å². The normalized spacial score (nSPS) is 19.4. The number of aromatic nitrogens is 1. The maximum absolute atomic E-state index is 12.4. The van der Waals surface area contributed by atoms with Crippen LogP contribution in [0.5, 0.6) is 0 Å². The smallest absolute Gasteiger partial charge is 0.303 e. The van der Waals surface area contributed by atoms with Gasteiger partial charge in [0.1, 0.15) is 0 Å². The van der Waals surface area contributed by atoms with Gasteiger partial charge in [-0.1, -0.05) is 32.4 Å². The molecule has 3 heterocycles. The number of carbonyl (C=O) groups is 4. The van der Waals surface area contributed by atoms with Crippen molar-refractivity contribution in [3.05, 3.63) is 62.2 Å². The Balaban J connectivity index is 2.13. The first-order valence-corrected chi connectivity index (χ1v) is 15.4. The first-order chi connectivity index (χ1) is 20.8. The van der Waals surface area contributed by atoms with Crippen LogP contribution < -0.4 is 10.6 Å². The molecule has 0 aromatic carbocycles. The molecule has 3 atom stereocenters. The van der Waals surface area contributed by atoms with Gasteiger partial charge < -0.3 is 25.8 Å². The molecule has 0 bridgehead atoms. The molecule has 2 aliphatic rings. The minimum absolute atomic E-state index is 0.0535. The van der Waals surface area contributed by atoms with Gasteiger partial charge in [0.2, 0.25) is 12.3 Å². The molecule has 0 fully saturated rings. The number of carboxylic acids is 2. The lowest BCUT2D eigenvalue weighted by molar-refractivity contribution is -0.138. The second-order valence-corrected chi connectivity index (χ2v) is 11.7. The standard InChI is InChI=1S/C34H46N4O6/c1-8-10-18(3)32(35-17-39)22(7)33-20(5)25(12-14-31(42)43)29(37-33)16-28-24(11-13-30(40)41)19(4)26(36-28)15-27-23(9-2)21(6)34(44)38-27/h10,16-17,22,27,32,36H,8-9,11-15H2,1-7H3,(H,35,39)(H,38,44)(H,40,41)(H,42,43)/b18-10+,29-16?. The van der Waals surface area contributed by atoms with Gasteiger partial charge in [0.25, 0.3) is 0 Å². The van der Waals surface area contributed by atoms with E-state index >= 15 is 0 Å². The predicted octanol–water partition coefficient (Wildman–Crippen LogP) is 5.19. The monoisotopic (exact) mass is 606 g/mol. The van der Waals surface area contributed by atoms with Gasteiger partial charge in [-0.25, -0.2) is 0 Å². The molecule has 0 radical (unpaired) electrons. The van der Waals surface area contributed by atoms with E-state index in [0.29, 0.717) is 24.9 Å². The van der Waals surface area contributed by atoms with Crippen LogP contribution in [0.15, 0.2) is 44.6 Å². The molecule has 3 unspecified atom stereocenters. The van der Waals surface area contributed by atoms with Crippen LogP contribution >= 0.6 is 0 Å². The lowest BCUT2D eigenvalue weighted by atomic mass is 9.86. The SMILES string of the molecule is CC/C=C(\C)C(NC=O)C(C)C1=NC(=Cc2[nH]c(CC3NC(=O)C(C)=C3CC)c(C)c2CCC(=O)O)C(CCC(=O)O)=C1C. The van der Waals surface area contributed by atoms with E-state index in [9.17, 15) is 29.4 Å². The topological polar surface area (TPSA) is 161 Å². The Hall–Kier alpha value is -4.21. The number of hydrogen-bond acceptors (Lipinski definition) is 5. The highest BCUT2D eigenvalue weighted by molar-refractivity contribution is 6.07. The molecule has 0 saturated carbocycles. The van der Waals surface area contributed by atoms with E-state index in [-0.39, 0.29) is 43.2 Å². The summed E-state index contributed by atoms with van der Waals surface area (Å²) in [5, 5.41) is 25.0. The van der Waals surface area contributed by atoms with E-state index in [2.05, 4.69) is 21.7 Å². The van der Waals surface area contributed by atoms with Gasteiger partial charge in [-0.15, -0.1) is 0 Å². The minimum atomic E-state index is -0.915. The van der Waals surface area contributed by atoms with Gasteiger partial charge in [0.15, 0.2) is 0 Å². The van der Waals surface area contributed by atoms with E-state index in [1.54, 1.807) is 0 Å². The number of aliphatic carboxylic acids is 2. The van der Waals surface area contributed by atoms with Gasteiger partial charge in [0, 0.05) is 47.9 Å². The summed E-state index contributed by atoms with van der Waals surface area (Å²) >= 11 is 0. The lowest BCUT2D eigenvalue weighted by Gasteiger charge is -2.25. The Bertz CT molecular complexity index is 1470. The van der Waals surface area contributed by atoms with Crippen molar-refractivity contribution in [3.8, 4) is 0 Å². The van der Waals surface area contributed by atoms with Crippen molar-refractivity contribution in [3.63, 3.8) is 0 Å². The fraction of sp³-hybridized carbons (Fsp3) is 0.500. The Morgan fingerprint density at radius 1 is 1.07 bits per heavy atom. The molecule has 2 aliphatic heterocycles. The van der Waals surface area contributed by atoms with Crippen LogP contribution in [-0.2, 0) is 32.0 Å². The number of allylic oxidation sites excluding steroid dienone is 3. The van der Waals surface area contributed by atoms with Crippen molar-refractivity contribution in [2.75, 3.05) is 0 Å². The summed E-state index contributed by atoms with van der Waals surface area (Å²) in [6.45, 7) is 13.8. The highest BCUT2D eigenvalue weighted by Crippen LogP contribution is 2.36. The number of nitrogens with zero attached hydrogens (tertiary/aromatic N) is 1. The second kappa shape index (κ2) is 15.0. The van der Waals surface area contributed by atoms with Crippen LogP contribution in [0.3, 0.4) is 0 Å². The van der Waals surface area contributed by atoms with E-state index < -0.39 is 11.9 Å². The third kappa shape index (κ3) is 7.65. The summed E-state index contributed by atoms with van der Waals surface area (Å²) in [6.07, 6.45) is 7.21. The third-order valence-electron chi connectivity index (χ3n) is 8.89. The third-order valence-corrected chi connectivity index (χ3v) is 8.89. The molecule has 0 saturated heterocycles. The van der Waals surface area contributed by atoms with Crippen LogP contribution in [0, 0.1) is 12.8 Å². The number of H-pyrrole nitrogens is 1. The summed E-state index contributed by atoms with van der Waals surface area (Å²) in [6, 6.07) is -0.429. The molecule has 1 aromatic heterocycles. The van der Waals surface area contributed by atoms with Crippen LogP contribution in [0.1, 0.15) is 96.2 Å². The van der Waals surface area contributed by atoms with Crippen LogP contribution in [0.2, 0.25) is 0 Å². The average molecular weight is 607 g/mol. The highest BCUT2D eigenvalue weighted by Gasteiger charge is 2.32. The fourth-order valence-electron chi connectivity index (χ4n) is 6.47. The van der Waals surface area contributed by atoms with E-state index in [1.807, 2.05) is 54.5 Å². The minimum Gasteiger partial charge on any atom is -0.481 e. The molecule has 0 spiro atoms. The second-order valence-electron chi connectivity index (χ2n) is 11.7. The number of aromatic amines is 1. The van der Waals surface area contributed by atoms with Crippen LogP contribution in [-0.4, -0.2) is 57.2 Å². The highest BCUT2D eigenvalue weighted by atomic mass is 16.4. The Kier molecular flexibility index (Phi) is 11.7. The van der Waals surface area contributed by atoms with Gasteiger partial charge in [0.05, 0.1) is 17.8 Å². The summed E-state index contributed by atoms with van der Waals surface area (Å²) in [5.74, 6) is -2.07. The van der Waals surface area contributed by atoms with Crippen molar-refractivity contribution in [2.45, 2.75) is 105 Å². The van der Waals surface area contributed by atoms with Crippen LogP contribution in [0.4, 0.5) is 0 Å². The number of carbonyl (C=O) groups excluding carboxylic acids is 2. The quantitative estimate of drug-likeness (QED) is 0.129. The van der Waals surface area contributed by atoms with Gasteiger partial charge in [-0.2, -0.15) is 0 Å². The predicted molar refractivity (Wildman–Crippen MR) is 171 cm³/mol. The Morgan fingerprint density at radius 3 is 2.32 bits per heavy atom. The first kappa shape index (κ1) is 34.3. The Labute approximate surface area is 259 Å². The summed E-state index contributed by atoms with van der Waals surface area (Å²) in [5.41, 5.74) is 9.33. The molecular weight excluding hydrogens is 560 g/mol. The van der Waals surface area contributed by atoms with E-state index in [4.69, 9.17) is 4.99 Å². The van der Waals surface area contributed by atoms with Crippen molar-refractivity contribution >= 4 is 36.0 Å². The first-order valence-electron chi connectivity index (χ1n) is 15.4. The number of rotatable bonds is 16. The molecule has 10 nitrogen and oxygen atoms in total. The van der Waals surface area contributed by atoms with Crippen molar-refractivity contribution < 1.29 is 29.4 Å². The summed E-state index contributed by atoms with van der Waals surface area (Å²) < 4.78 is 0. The maximum atomic E-state index is 12.4. The molecule has 10 heteroatoms. The summed E-state index contributed by atoms with van der Waals surface area (Å²) in [7, 11) is 0. The van der Waals surface area contributed by atoms with Gasteiger partial charge >= 0.3 is 11.9 Å². The maximum Gasteiger partial charge on any atom is 0.303 e. The molecule has 44 heavy (non-hydrogen) atoms. The van der Waals surface area contributed by atoms with E-state index in [0.717, 1.165) is 68.9 Å². The lowest BCUT2D eigenvalue weighted by Crippen LogP contribution is -2.39. The van der Waals surface area contributed by atoms with Gasteiger partial charge in [-0.3, -0.25) is 24.2 Å². The number of carboxylic acid groups (broad SMARTS) is 2. The number of aliphatic imine (C=N–C) groups is 1. The van der Waals surface area contributed by atoms with Gasteiger partial charge in [-0.05, 0) is 87.3 Å².